The van der Waals surface area contributed by atoms with Gasteiger partial charge in [-0.25, -0.2) is 0 Å². The van der Waals surface area contributed by atoms with Gasteiger partial charge in [-0.3, -0.25) is 4.90 Å². The van der Waals surface area contributed by atoms with Crippen LogP contribution in [0.2, 0.25) is 0 Å². The molecule has 0 bridgehead atoms. The van der Waals surface area contributed by atoms with Crippen LogP contribution in [0.4, 0.5) is 0 Å². The molecule has 1 saturated heterocycles. The lowest BCUT2D eigenvalue weighted by molar-refractivity contribution is -0.0490. The second-order valence-electron chi connectivity index (χ2n) is 6.14. The molecular weight excluding hydrogens is 296 g/mol. The zero-order chi connectivity index (χ0) is 16.8. The number of methoxy groups -OCH3 is 2. The molecule has 0 unspecified atom stereocenters. The summed E-state index contributed by atoms with van der Waals surface area (Å²) in [6.07, 6.45) is -0.448. The molecule has 0 saturated carbocycles. The molecule has 1 N–H and O–H groups in total. The largest absolute Gasteiger partial charge is 0.497 e. The number of morpholine rings is 1. The summed E-state index contributed by atoms with van der Waals surface area (Å²) in [5.74, 6) is 1.39. The number of nitrogens with zero attached hydrogens (tertiary/aromatic N) is 2. The van der Waals surface area contributed by atoms with Gasteiger partial charge in [0.05, 0.1) is 33.0 Å². The maximum atomic E-state index is 10.6. The maximum absolute atomic E-state index is 10.6. The Morgan fingerprint density at radius 1 is 1.35 bits per heavy atom. The lowest BCUT2D eigenvalue weighted by Crippen LogP contribution is -2.47. The molecule has 6 heteroatoms. The van der Waals surface area contributed by atoms with E-state index in [1.54, 1.807) is 14.2 Å². The SMILES string of the molecule is COc1ccc(OC)c([C@@H](O)CN2CCO[C@@H](CN(C)C)C2)c1. The Kier molecular flexibility index (Phi) is 6.65. The van der Waals surface area contributed by atoms with Crippen molar-refractivity contribution in [2.45, 2.75) is 12.2 Å². The number of aliphatic hydroxyl groups excluding tert-OH is 1. The molecule has 2 atom stereocenters. The molecule has 1 fully saturated rings. The van der Waals surface area contributed by atoms with Crippen LogP contribution in [0.1, 0.15) is 11.7 Å². The Bertz CT molecular complexity index is 495. The van der Waals surface area contributed by atoms with Crippen LogP contribution in [0.25, 0.3) is 0 Å². The van der Waals surface area contributed by atoms with Gasteiger partial charge in [-0.1, -0.05) is 0 Å². The molecule has 0 aliphatic carbocycles. The Morgan fingerprint density at radius 3 is 2.78 bits per heavy atom. The predicted octanol–water partition coefficient (Wildman–Crippen LogP) is 1.000. The van der Waals surface area contributed by atoms with E-state index in [9.17, 15) is 5.11 Å². The van der Waals surface area contributed by atoms with Crippen LogP contribution < -0.4 is 9.47 Å². The minimum absolute atomic E-state index is 0.179. The highest BCUT2D eigenvalue weighted by atomic mass is 16.5. The van der Waals surface area contributed by atoms with E-state index in [0.29, 0.717) is 24.7 Å². The standard InChI is InChI=1S/C17H28N2O4/c1-18(2)10-14-11-19(7-8-23-14)12-16(20)15-9-13(21-3)5-6-17(15)22-4/h5-6,9,14,16,20H,7-8,10-12H2,1-4H3/t14-,16-/m0/s1. The van der Waals surface area contributed by atoms with Crippen molar-refractivity contribution in [3.8, 4) is 11.5 Å². The van der Waals surface area contributed by atoms with E-state index >= 15 is 0 Å². The van der Waals surface area contributed by atoms with Crippen LogP contribution in [-0.4, -0.2) is 82.1 Å². The van der Waals surface area contributed by atoms with Gasteiger partial charge in [0.25, 0.3) is 0 Å². The predicted molar refractivity (Wildman–Crippen MR) is 89.2 cm³/mol. The van der Waals surface area contributed by atoms with Crippen molar-refractivity contribution in [2.24, 2.45) is 0 Å². The third-order valence-corrected chi connectivity index (χ3v) is 4.02. The maximum Gasteiger partial charge on any atom is 0.124 e. The van der Waals surface area contributed by atoms with Crippen molar-refractivity contribution in [3.05, 3.63) is 23.8 Å². The molecule has 1 aromatic rings. The number of hydrogen-bond acceptors (Lipinski definition) is 6. The molecule has 130 valence electrons. The second-order valence-corrected chi connectivity index (χ2v) is 6.14. The molecule has 1 heterocycles. The van der Waals surface area contributed by atoms with Crippen LogP contribution in [0, 0.1) is 0 Å². The first-order valence-electron chi connectivity index (χ1n) is 7.92. The van der Waals surface area contributed by atoms with Crippen LogP contribution in [0.15, 0.2) is 18.2 Å². The first kappa shape index (κ1) is 18.0. The lowest BCUT2D eigenvalue weighted by Gasteiger charge is -2.35. The molecule has 23 heavy (non-hydrogen) atoms. The zero-order valence-electron chi connectivity index (χ0n) is 14.5. The van der Waals surface area contributed by atoms with Crippen molar-refractivity contribution in [3.63, 3.8) is 0 Å². The first-order chi connectivity index (χ1) is 11.0. The summed E-state index contributed by atoms with van der Waals surface area (Å²) in [5, 5.41) is 10.6. The summed E-state index contributed by atoms with van der Waals surface area (Å²) in [6, 6.07) is 5.49. The molecule has 6 nitrogen and oxygen atoms in total. The molecule has 0 spiro atoms. The molecular formula is C17H28N2O4. The lowest BCUT2D eigenvalue weighted by atomic mass is 10.1. The fourth-order valence-electron chi connectivity index (χ4n) is 2.91. The molecule has 1 aliphatic rings. The number of aliphatic hydroxyl groups is 1. The van der Waals surface area contributed by atoms with Crippen LogP contribution in [-0.2, 0) is 4.74 Å². The van der Waals surface area contributed by atoms with Crippen molar-refractivity contribution in [1.29, 1.82) is 0 Å². The molecule has 1 aromatic carbocycles. The second kappa shape index (κ2) is 8.49. The number of likely N-dealkylation sites (N-methyl/N-ethyl adjacent to an activating group) is 1. The summed E-state index contributed by atoms with van der Waals surface area (Å²) in [7, 11) is 7.31. The van der Waals surface area contributed by atoms with Gasteiger partial charge in [-0.15, -0.1) is 0 Å². The van der Waals surface area contributed by atoms with Gasteiger partial charge in [-0.2, -0.15) is 0 Å². The number of β-amino-alcohol motifs (C(OH)–C–C–N with tert-alkyl or cyclic N) is 1. The van der Waals surface area contributed by atoms with Gasteiger partial charge < -0.3 is 24.2 Å². The topological polar surface area (TPSA) is 54.4 Å². The monoisotopic (exact) mass is 324 g/mol. The summed E-state index contributed by atoms with van der Waals surface area (Å²) >= 11 is 0. The van der Waals surface area contributed by atoms with E-state index in [2.05, 4.69) is 9.80 Å². The number of benzene rings is 1. The number of hydrogen-bond donors (Lipinski definition) is 1. The molecule has 0 radical (unpaired) electrons. The Labute approximate surface area is 138 Å². The van der Waals surface area contributed by atoms with E-state index in [1.165, 1.54) is 0 Å². The van der Waals surface area contributed by atoms with E-state index in [1.807, 2.05) is 32.3 Å². The van der Waals surface area contributed by atoms with Crippen LogP contribution in [0.3, 0.4) is 0 Å². The van der Waals surface area contributed by atoms with E-state index in [-0.39, 0.29) is 6.10 Å². The van der Waals surface area contributed by atoms with E-state index < -0.39 is 6.10 Å². The summed E-state index contributed by atoms with van der Waals surface area (Å²) in [4.78, 5) is 4.36. The summed E-state index contributed by atoms with van der Waals surface area (Å²) in [5.41, 5.74) is 0.752. The van der Waals surface area contributed by atoms with Gasteiger partial charge in [0, 0.05) is 31.7 Å². The number of ether oxygens (including phenoxy) is 3. The molecule has 2 rings (SSSR count). The molecule has 0 amide bonds. The van der Waals surface area contributed by atoms with Gasteiger partial charge in [-0.05, 0) is 32.3 Å². The van der Waals surface area contributed by atoms with Gasteiger partial charge in [0.1, 0.15) is 11.5 Å². The first-order valence-corrected chi connectivity index (χ1v) is 7.92. The van der Waals surface area contributed by atoms with Crippen LogP contribution in [0.5, 0.6) is 11.5 Å². The van der Waals surface area contributed by atoms with Crippen LogP contribution >= 0.6 is 0 Å². The average Bonchev–Trinajstić information content (AvgIpc) is 2.53. The number of rotatable bonds is 7. The summed E-state index contributed by atoms with van der Waals surface area (Å²) in [6.45, 7) is 3.78. The van der Waals surface area contributed by atoms with Gasteiger partial charge >= 0.3 is 0 Å². The highest BCUT2D eigenvalue weighted by molar-refractivity contribution is 5.41. The Morgan fingerprint density at radius 2 is 2.13 bits per heavy atom. The van der Waals surface area contributed by atoms with E-state index in [0.717, 1.165) is 25.2 Å². The average molecular weight is 324 g/mol. The molecule has 1 aliphatic heterocycles. The normalized spacial score (nSPS) is 20.5. The van der Waals surface area contributed by atoms with Crippen molar-refractivity contribution in [2.75, 3.05) is 61.1 Å². The smallest absolute Gasteiger partial charge is 0.124 e. The Hall–Kier alpha value is -1.34. The van der Waals surface area contributed by atoms with Crippen molar-refractivity contribution < 1.29 is 19.3 Å². The van der Waals surface area contributed by atoms with Gasteiger partial charge in [0.15, 0.2) is 0 Å². The third-order valence-electron chi connectivity index (χ3n) is 4.02. The fraction of sp³-hybridized carbons (Fsp3) is 0.647. The zero-order valence-corrected chi connectivity index (χ0v) is 14.5. The highest BCUT2D eigenvalue weighted by Gasteiger charge is 2.24. The minimum Gasteiger partial charge on any atom is -0.497 e. The Balaban J connectivity index is 2.02. The molecule has 0 aromatic heterocycles. The summed E-state index contributed by atoms with van der Waals surface area (Å²) < 4.78 is 16.4. The van der Waals surface area contributed by atoms with E-state index in [4.69, 9.17) is 14.2 Å². The quantitative estimate of drug-likeness (QED) is 0.808. The minimum atomic E-state index is -0.627. The highest BCUT2D eigenvalue weighted by Crippen LogP contribution is 2.30. The fourth-order valence-corrected chi connectivity index (χ4v) is 2.91. The van der Waals surface area contributed by atoms with Crippen molar-refractivity contribution in [1.82, 2.24) is 9.80 Å². The van der Waals surface area contributed by atoms with Crippen molar-refractivity contribution >= 4 is 0 Å². The third kappa shape index (κ3) is 5.07. The van der Waals surface area contributed by atoms with Gasteiger partial charge in [0.2, 0.25) is 0 Å².